The lowest BCUT2D eigenvalue weighted by Crippen LogP contribution is -2.26. The summed E-state index contributed by atoms with van der Waals surface area (Å²) in [7, 11) is 1.72. The summed E-state index contributed by atoms with van der Waals surface area (Å²) in [5, 5.41) is 13.1. The monoisotopic (exact) mass is 335 g/mol. The van der Waals surface area contributed by atoms with Gasteiger partial charge in [0.25, 0.3) is 5.91 Å². The third-order valence-electron chi connectivity index (χ3n) is 3.83. The topological polar surface area (TPSA) is 75.4 Å². The van der Waals surface area contributed by atoms with Gasteiger partial charge in [0.2, 0.25) is 0 Å². The molecule has 0 aliphatic heterocycles. The molecule has 0 aliphatic carbocycles. The van der Waals surface area contributed by atoms with Crippen molar-refractivity contribution < 1.29 is 14.7 Å². The number of hydrogen-bond donors (Lipinski definition) is 1. The van der Waals surface area contributed by atoms with E-state index in [9.17, 15) is 9.59 Å². The number of carboxylic acids is 1. The third kappa shape index (κ3) is 3.74. The molecule has 6 nitrogen and oxygen atoms in total. The zero-order chi connectivity index (χ0) is 17.8. The van der Waals surface area contributed by atoms with Gasteiger partial charge in [-0.2, -0.15) is 5.10 Å². The smallest absolute Gasteiger partial charge is 0.335 e. The molecule has 0 radical (unpaired) electrons. The van der Waals surface area contributed by atoms with Crippen LogP contribution < -0.4 is 0 Å². The summed E-state index contributed by atoms with van der Waals surface area (Å²) in [5.74, 6) is -1.08. The van der Waals surface area contributed by atoms with Crippen LogP contribution in [0.1, 0.15) is 26.3 Å². The Bertz CT molecular complexity index is 887. The van der Waals surface area contributed by atoms with E-state index in [4.69, 9.17) is 5.11 Å². The van der Waals surface area contributed by atoms with E-state index < -0.39 is 5.97 Å². The Morgan fingerprint density at radius 2 is 1.84 bits per heavy atom. The second-order valence-electron chi connectivity index (χ2n) is 5.66. The summed E-state index contributed by atoms with van der Waals surface area (Å²) >= 11 is 0. The number of hydrogen-bond acceptors (Lipinski definition) is 3. The normalized spacial score (nSPS) is 10.4. The molecule has 0 bridgehead atoms. The standard InChI is InChI=1S/C19H17N3O3/c1-21(13-14-6-8-15(9-7-14)19(24)25)18(23)16-4-2-5-17(12-16)22-11-3-10-20-22/h2-12H,13H2,1H3,(H,24,25). The fourth-order valence-corrected chi connectivity index (χ4v) is 2.52. The summed E-state index contributed by atoms with van der Waals surface area (Å²) in [4.78, 5) is 25.1. The molecule has 2 aromatic carbocycles. The van der Waals surface area contributed by atoms with Crippen LogP contribution in [0.15, 0.2) is 67.0 Å². The molecule has 0 saturated carbocycles. The van der Waals surface area contributed by atoms with Crippen molar-refractivity contribution in [1.82, 2.24) is 14.7 Å². The first-order valence-corrected chi connectivity index (χ1v) is 7.72. The number of amides is 1. The minimum absolute atomic E-state index is 0.115. The number of carboxylic acid groups (broad SMARTS) is 1. The molecule has 0 fully saturated rings. The van der Waals surface area contributed by atoms with E-state index in [0.29, 0.717) is 12.1 Å². The maximum absolute atomic E-state index is 12.6. The van der Waals surface area contributed by atoms with Crippen molar-refractivity contribution in [2.45, 2.75) is 6.54 Å². The lowest BCUT2D eigenvalue weighted by Gasteiger charge is -2.18. The first kappa shape index (κ1) is 16.4. The van der Waals surface area contributed by atoms with Gasteiger partial charge in [-0.05, 0) is 42.0 Å². The average Bonchev–Trinajstić information content (AvgIpc) is 3.16. The van der Waals surface area contributed by atoms with Crippen LogP contribution in [0.3, 0.4) is 0 Å². The van der Waals surface area contributed by atoms with Gasteiger partial charge < -0.3 is 10.0 Å². The highest BCUT2D eigenvalue weighted by Gasteiger charge is 2.13. The van der Waals surface area contributed by atoms with Crippen LogP contribution >= 0.6 is 0 Å². The molecule has 0 spiro atoms. The lowest BCUT2D eigenvalue weighted by molar-refractivity contribution is 0.0695. The summed E-state index contributed by atoms with van der Waals surface area (Å²) in [6.45, 7) is 0.394. The Morgan fingerprint density at radius 3 is 2.48 bits per heavy atom. The average molecular weight is 335 g/mol. The number of nitrogens with zero attached hydrogens (tertiary/aromatic N) is 3. The highest BCUT2D eigenvalue weighted by molar-refractivity contribution is 5.94. The molecule has 0 saturated heterocycles. The summed E-state index contributed by atoms with van der Waals surface area (Å²) in [5.41, 5.74) is 2.47. The van der Waals surface area contributed by atoms with Crippen molar-refractivity contribution in [3.63, 3.8) is 0 Å². The largest absolute Gasteiger partial charge is 0.478 e. The quantitative estimate of drug-likeness (QED) is 0.778. The van der Waals surface area contributed by atoms with E-state index in [1.54, 1.807) is 47.1 Å². The fourth-order valence-electron chi connectivity index (χ4n) is 2.52. The summed E-state index contributed by atoms with van der Waals surface area (Å²) in [6.07, 6.45) is 3.50. The number of aromatic carboxylic acids is 1. The Hall–Kier alpha value is -3.41. The van der Waals surface area contributed by atoms with Crippen molar-refractivity contribution in [3.05, 3.63) is 83.7 Å². The molecule has 3 aromatic rings. The maximum atomic E-state index is 12.6. The highest BCUT2D eigenvalue weighted by atomic mass is 16.4. The number of carbonyl (C=O) groups is 2. The molecule has 1 N–H and O–H groups in total. The van der Waals surface area contributed by atoms with Crippen molar-refractivity contribution in [3.8, 4) is 5.69 Å². The van der Waals surface area contributed by atoms with Gasteiger partial charge in [-0.1, -0.05) is 18.2 Å². The van der Waals surface area contributed by atoms with Gasteiger partial charge in [0.1, 0.15) is 0 Å². The Labute approximate surface area is 144 Å². The van der Waals surface area contributed by atoms with Crippen molar-refractivity contribution in [2.75, 3.05) is 7.05 Å². The molecule has 1 amide bonds. The molecule has 25 heavy (non-hydrogen) atoms. The zero-order valence-corrected chi connectivity index (χ0v) is 13.7. The minimum Gasteiger partial charge on any atom is -0.478 e. The molecule has 1 aromatic heterocycles. The SMILES string of the molecule is CN(Cc1ccc(C(=O)O)cc1)C(=O)c1cccc(-n2cccn2)c1. The molecule has 3 rings (SSSR count). The predicted molar refractivity (Wildman–Crippen MR) is 92.8 cm³/mol. The molecule has 0 atom stereocenters. The van der Waals surface area contributed by atoms with Gasteiger partial charge in [-0.15, -0.1) is 0 Å². The van der Waals surface area contributed by atoms with Crippen LogP contribution in [-0.2, 0) is 6.54 Å². The van der Waals surface area contributed by atoms with Crippen LogP contribution in [0, 0.1) is 0 Å². The number of benzene rings is 2. The molecular weight excluding hydrogens is 318 g/mol. The van der Waals surface area contributed by atoms with Crippen molar-refractivity contribution in [1.29, 1.82) is 0 Å². The first-order chi connectivity index (χ1) is 12.0. The zero-order valence-electron chi connectivity index (χ0n) is 13.7. The Balaban J connectivity index is 1.74. The van der Waals surface area contributed by atoms with Crippen molar-refractivity contribution in [2.24, 2.45) is 0 Å². The summed E-state index contributed by atoms with van der Waals surface area (Å²) < 4.78 is 1.70. The van der Waals surface area contributed by atoms with E-state index >= 15 is 0 Å². The third-order valence-corrected chi connectivity index (χ3v) is 3.83. The van der Waals surface area contributed by atoms with Crippen LogP contribution in [0.4, 0.5) is 0 Å². The van der Waals surface area contributed by atoms with E-state index in [-0.39, 0.29) is 11.5 Å². The molecule has 1 heterocycles. The second kappa shape index (κ2) is 7.00. The highest BCUT2D eigenvalue weighted by Crippen LogP contribution is 2.13. The molecule has 126 valence electrons. The van der Waals surface area contributed by atoms with Gasteiger partial charge >= 0.3 is 5.97 Å². The van der Waals surface area contributed by atoms with Gasteiger partial charge in [0.15, 0.2) is 0 Å². The van der Waals surface area contributed by atoms with E-state index in [1.165, 1.54) is 12.1 Å². The Morgan fingerprint density at radius 1 is 1.08 bits per heavy atom. The van der Waals surface area contributed by atoms with Gasteiger partial charge in [-0.25, -0.2) is 9.48 Å². The number of aromatic nitrogens is 2. The van der Waals surface area contributed by atoms with Crippen LogP contribution in [0.25, 0.3) is 5.69 Å². The van der Waals surface area contributed by atoms with Gasteiger partial charge in [0, 0.05) is 31.5 Å². The van der Waals surface area contributed by atoms with Crippen molar-refractivity contribution >= 4 is 11.9 Å². The number of carbonyl (C=O) groups excluding carboxylic acids is 1. The molecule has 0 aliphatic rings. The number of rotatable bonds is 5. The molecule has 0 unspecified atom stereocenters. The van der Waals surface area contributed by atoms with Gasteiger partial charge in [-0.3, -0.25) is 4.79 Å². The minimum atomic E-state index is -0.966. The van der Waals surface area contributed by atoms with Crippen LogP contribution in [0.2, 0.25) is 0 Å². The lowest BCUT2D eigenvalue weighted by atomic mass is 10.1. The van der Waals surface area contributed by atoms with E-state index in [1.807, 2.05) is 24.4 Å². The molecule has 6 heteroatoms. The molecular formula is C19H17N3O3. The fraction of sp³-hybridized carbons (Fsp3) is 0.105. The second-order valence-corrected chi connectivity index (χ2v) is 5.66. The van der Waals surface area contributed by atoms with E-state index in [0.717, 1.165) is 11.3 Å². The predicted octanol–water partition coefficient (Wildman–Crippen LogP) is 2.84. The van der Waals surface area contributed by atoms with E-state index in [2.05, 4.69) is 5.10 Å². The van der Waals surface area contributed by atoms with Crippen LogP contribution in [0.5, 0.6) is 0 Å². The Kier molecular flexibility index (Phi) is 4.61. The van der Waals surface area contributed by atoms with Crippen LogP contribution in [-0.4, -0.2) is 38.7 Å². The first-order valence-electron chi connectivity index (χ1n) is 7.72. The van der Waals surface area contributed by atoms with Gasteiger partial charge in [0.05, 0.1) is 11.3 Å². The maximum Gasteiger partial charge on any atom is 0.335 e. The summed E-state index contributed by atoms with van der Waals surface area (Å²) in [6, 6.07) is 15.6.